The quantitative estimate of drug-likeness (QED) is 0.810. The number of rotatable bonds is 5. The van der Waals surface area contributed by atoms with Crippen LogP contribution >= 0.6 is 11.6 Å². The van der Waals surface area contributed by atoms with E-state index < -0.39 is 0 Å². The van der Waals surface area contributed by atoms with E-state index >= 15 is 0 Å². The van der Waals surface area contributed by atoms with Crippen LogP contribution in [0.3, 0.4) is 0 Å². The lowest BCUT2D eigenvalue weighted by atomic mass is 10.0. The van der Waals surface area contributed by atoms with Crippen LogP contribution in [0, 0.1) is 5.92 Å². The normalized spacial score (nSPS) is 19.4. The Morgan fingerprint density at radius 3 is 2.75 bits per heavy atom. The van der Waals surface area contributed by atoms with Crippen molar-refractivity contribution in [2.24, 2.45) is 5.92 Å². The highest BCUT2D eigenvalue weighted by Crippen LogP contribution is 2.35. The molecule has 1 aromatic rings. The summed E-state index contributed by atoms with van der Waals surface area (Å²) in [6.07, 6.45) is 4.01. The minimum absolute atomic E-state index is 0.393. The zero-order valence-electron chi connectivity index (χ0n) is 10.0. The van der Waals surface area contributed by atoms with Gasteiger partial charge in [0.05, 0.1) is 0 Å². The fourth-order valence-electron chi connectivity index (χ4n) is 2.28. The minimum atomic E-state index is 0.393. The average Bonchev–Trinajstić information content (AvgIpc) is 3.09. The molecule has 1 aromatic carbocycles. The molecular weight excluding hydrogens is 218 g/mol. The third-order valence-corrected chi connectivity index (χ3v) is 3.68. The third-order valence-electron chi connectivity index (χ3n) is 3.44. The van der Waals surface area contributed by atoms with E-state index in [9.17, 15) is 0 Å². The Labute approximate surface area is 103 Å². The van der Waals surface area contributed by atoms with Crippen molar-refractivity contribution in [2.45, 2.75) is 45.2 Å². The first-order chi connectivity index (χ1) is 7.70. The molecule has 1 nitrogen and oxygen atoms in total. The van der Waals surface area contributed by atoms with Gasteiger partial charge >= 0.3 is 0 Å². The molecule has 2 rings (SSSR count). The summed E-state index contributed by atoms with van der Waals surface area (Å²) in [6, 6.07) is 9.21. The van der Waals surface area contributed by atoms with E-state index in [0.717, 1.165) is 10.9 Å². The van der Waals surface area contributed by atoms with Gasteiger partial charge in [0.2, 0.25) is 0 Å². The Balaban J connectivity index is 1.98. The predicted octanol–water partition coefficient (Wildman–Crippen LogP) is 4.18. The second-order valence-corrected chi connectivity index (χ2v) is 5.23. The first kappa shape index (κ1) is 11.9. The highest BCUT2D eigenvalue weighted by Gasteiger charge is 2.30. The summed E-state index contributed by atoms with van der Waals surface area (Å²) in [4.78, 5) is 0. The molecule has 0 spiro atoms. The molecule has 88 valence electrons. The van der Waals surface area contributed by atoms with E-state index in [-0.39, 0.29) is 0 Å². The van der Waals surface area contributed by atoms with Gasteiger partial charge in [-0.25, -0.2) is 0 Å². The molecule has 16 heavy (non-hydrogen) atoms. The first-order valence-corrected chi connectivity index (χ1v) is 6.60. The van der Waals surface area contributed by atoms with Crippen LogP contribution in [-0.4, -0.2) is 6.04 Å². The number of hydrogen-bond donors (Lipinski definition) is 1. The molecular formula is C14H20ClN. The molecule has 1 unspecified atom stereocenters. The topological polar surface area (TPSA) is 12.0 Å². The Hall–Kier alpha value is -0.530. The molecule has 0 radical (unpaired) electrons. The fourth-order valence-corrected chi connectivity index (χ4v) is 2.48. The highest BCUT2D eigenvalue weighted by atomic mass is 35.5. The predicted molar refractivity (Wildman–Crippen MR) is 69.8 cm³/mol. The van der Waals surface area contributed by atoms with Gasteiger partial charge in [-0.3, -0.25) is 0 Å². The third kappa shape index (κ3) is 2.99. The van der Waals surface area contributed by atoms with E-state index in [1.165, 1.54) is 24.8 Å². The summed E-state index contributed by atoms with van der Waals surface area (Å²) >= 11 is 6.01. The monoisotopic (exact) mass is 237 g/mol. The molecule has 2 heteroatoms. The first-order valence-electron chi connectivity index (χ1n) is 6.22. The fraction of sp³-hybridized carbons (Fsp3) is 0.571. The highest BCUT2D eigenvalue weighted by molar-refractivity contribution is 6.30. The minimum Gasteiger partial charge on any atom is -0.307 e. The van der Waals surface area contributed by atoms with Gasteiger partial charge < -0.3 is 5.32 Å². The lowest BCUT2D eigenvalue weighted by molar-refractivity contribution is 0.405. The smallest absolute Gasteiger partial charge is 0.0409 e. The van der Waals surface area contributed by atoms with Crippen molar-refractivity contribution in [1.29, 1.82) is 0 Å². The maximum absolute atomic E-state index is 6.01. The molecule has 1 aliphatic rings. The summed E-state index contributed by atoms with van der Waals surface area (Å²) in [5, 5.41) is 4.54. The Morgan fingerprint density at radius 2 is 2.19 bits per heavy atom. The van der Waals surface area contributed by atoms with Gasteiger partial charge in [-0.15, -0.1) is 0 Å². The van der Waals surface area contributed by atoms with Crippen LogP contribution < -0.4 is 5.32 Å². The van der Waals surface area contributed by atoms with Gasteiger partial charge in [-0.1, -0.05) is 30.7 Å². The van der Waals surface area contributed by atoms with Gasteiger partial charge in [-0.05, 0) is 49.8 Å². The van der Waals surface area contributed by atoms with Gasteiger partial charge in [0.25, 0.3) is 0 Å². The van der Waals surface area contributed by atoms with Crippen molar-refractivity contribution in [3.8, 4) is 0 Å². The van der Waals surface area contributed by atoms with Crippen molar-refractivity contribution in [3.05, 3.63) is 34.9 Å². The Bertz CT molecular complexity index is 346. The van der Waals surface area contributed by atoms with Crippen LogP contribution in [0.2, 0.25) is 5.02 Å². The molecule has 1 N–H and O–H groups in total. The lowest BCUT2D eigenvalue weighted by Crippen LogP contribution is -2.32. The molecule has 0 bridgehead atoms. The van der Waals surface area contributed by atoms with Crippen LogP contribution in [0.15, 0.2) is 24.3 Å². The van der Waals surface area contributed by atoms with Gasteiger partial charge in [-0.2, -0.15) is 0 Å². The summed E-state index contributed by atoms with van der Waals surface area (Å²) in [5.74, 6) is 0.909. The van der Waals surface area contributed by atoms with E-state index in [0.29, 0.717) is 12.1 Å². The average molecular weight is 238 g/mol. The maximum atomic E-state index is 6.01. The van der Waals surface area contributed by atoms with Crippen LogP contribution in [0.1, 0.15) is 44.7 Å². The molecule has 2 atom stereocenters. The summed E-state index contributed by atoms with van der Waals surface area (Å²) in [5.41, 5.74) is 1.28. The Kier molecular flexibility index (Phi) is 3.88. The largest absolute Gasteiger partial charge is 0.307 e. The van der Waals surface area contributed by atoms with E-state index in [1.807, 2.05) is 12.1 Å². The maximum Gasteiger partial charge on any atom is 0.0409 e. The number of benzene rings is 1. The zero-order chi connectivity index (χ0) is 11.5. The van der Waals surface area contributed by atoms with Gasteiger partial charge in [0.15, 0.2) is 0 Å². The summed E-state index contributed by atoms with van der Waals surface area (Å²) < 4.78 is 0. The number of hydrogen-bond acceptors (Lipinski definition) is 1. The van der Waals surface area contributed by atoms with Crippen LogP contribution in [0.4, 0.5) is 0 Å². The Morgan fingerprint density at radius 1 is 1.44 bits per heavy atom. The second kappa shape index (κ2) is 5.20. The van der Waals surface area contributed by atoms with Gasteiger partial charge in [0, 0.05) is 17.1 Å². The van der Waals surface area contributed by atoms with E-state index in [2.05, 4.69) is 31.3 Å². The van der Waals surface area contributed by atoms with Crippen molar-refractivity contribution in [3.63, 3.8) is 0 Å². The van der Waals surface area contributed by atoms with Crippen molar-refractivity contribution in [1.82, 2.24) is 5.32 Å². The van der Waals surface area contributed by atoms with E-state index in [1.54, 1.807) is 0 Å². The SMILES string of the molecule is CCC(N[C@@H](C)c1cccc(Cl)c1)C1CC1. The van der Waals surface area contributed by atoms with Gasteiger partial charge in [0.1, 0.15) is 0 Å². The zero-order valence-corrected chi connectivity index (χ0v) is 10.8. The molecule has 0 saturated heterocycles. The van der Waals surface area contributed by atoms with Crippen LogP contribution in [-0.2, 0) is 0 Å². The van der Waals surface area contributed by atoms with E-state index in [4.69, 9.17) is 11.6 Å². The molecule has 1 saturated carbocycles. The van der Waals surface area contributed by atoms with Crippen LogP contribution in [0.5, 0.6) is 0 Å². The molecule has 0 heterocycles. The molecule has 0 amide bonds. The van der Waals surface area contributed by atoms with Crippen LogP contribution in [0.25, 0.3) is 0 Å². The molecule has 0 aromatic heterocycles. The van der Waals surface area contributed by atoms with Crippen molar-refractivity contribution in [2.75, 3.05) is 0 Å². The standard InChI is InChI=1S/C14H20ClN/c1-3-14(11-7-8-11)16-10(2)12-5-4-6-13(15)9-12/h4-6,9-11,14,16H,3,7-8H2,1-2H3/t10-,14?/m0/s1. The molecule has 0 aliphatic heterocycles. The summed E-state index contributed by atoms with van der Waals surface area (Å²) in [7, 11) is 0. The van der Waals surface area contributed by atoms with Crippen molar-refractivity contribution >= 4 is 11.6 Å². The number of nitrogens with one attached hydrogen (secondary N) is 1. The molecule has 1 fully saturated rings. The summed E-state index contributed by atoms with van der Waals surface area (Å²) in [6.45, 7) is 4.48. The lowest BCUT2D eigenvalue weighted by Gasteiger charge is -2.22. The van der Waals surface area contributed by atoms with Crippen molar-refractivity contribution < 1.29 is 0 Å². The number of halogens is 1. The molecule has 1 aliphatic carbocycles. The second-order valence-electron chi connectivity index (χ2n) is 4.80.